The molecule has 5 N–H and O–H groups in total. The zero-order chi connectivity index (χ0) is 50.0. The maximum atomic E-state index is 12.1. The molecule has 5 heterocycles. The van der Waals surface area contributed by atoms with Crippen molar-refractivity contribution in [3.63, 3.8) is 0 Å². The molecule has 0 aromatic carbocycles. The Morgan fingerprint density at radius 1 is 0.397 bits per heavy atom. The summed E-state index contributed by atoms with van der Waals surface area (Å²) in [4.78, 5) is 0. The molecule has 0 aliphatic carbocycles. The first-order valence-corrected chi connectivity index (χ1v) is 22.1. The summed E-state index contributed by atoms with van der Waals surface area (Å²) in [5.74, 6) is -8.12. The van der Waals surface area contributed by atoms with Crippen molar-refractivity contribution in [3.8, 4) is 0 Å². The summed E-state index contributed by atoms with van der Waals surface area (Å²) in [6.45, 7) is -3.02. The summed E-state index contributed by atoms with van der Waals surface area (Å²) in [7, 11) is 17.3. The number of aliphatic hydroxyl groups excluding tert-OH is 4. The Morgan fingerprint density at radius 2 is 0.750 bits per heavy atom. The number of hydrogen-bond acceptors (Lipinski definition) is 26. The van der Waals surface area contributed by atoms with Crippen molar-refractivity contribution in [3.05, 3.63) is 0 Å². The molecule has 5 fully saturated rings. The fourth-order valence-electron chi connectivity index (χ4n) is 9.90. The van der Waals surface area contributed by atoms with Crippen LogP contribution in [0.2, 0.25) is 0 Å². The van der Waals surface area contributed by atoms with Gasteiger partial charge in [-0.25, -0.2) is 0 Å². The van der Waals surface area contributed by atoms with E-state index in [2.05, 4.69) is 0 Å². The van der Waals surface area contributed by atoms with Gasteiger partial charge in [0.15, 0.2) is 6.29 Å². The molecule has 0 aromatic heterocycles. The molecule has 0 aromatic rings. The van der Waals surface area contributed by atoms with Gasteiger partial charge in [-0.2, -0.15) is 0 Å². The first-order valence-electron chi connectivity index (χ1n) is 22.1. The Hall–Kier alpha value is -1.04. The van der Waals surface area contributed by atoms with Gasteiger partial charge in [-0.1, -0.05) is 0 Å². The summed E-state index contributed by atoms with van der Waals surface area (Å²) < 4.78 is 128. The van der Waals surface area contributed by atoms with Crippen molar-refractivity contribution in [2.45, 2.75) is 127 Å². The predicted molar refractivity (Wildman–Crippen MR) is 224 cm³/mol. The quantitative estimate of drug-likeness (QED) is 0.0476. The fourth-order valence-corrected chi connectivity index (χ4v) is 9.90. The zero-order valence-electron chi connectivity index (χ0n) is 41.0. The van der Waals surface area contributed by atoms with Crippen molar-refractivity contribution >= 4 is 0 Å². The van der Waals surface area contributed by atoms with Crippen LogP contribution in [0.25, 0.3) is 0 Å². The molecule has 26 nitrogen and oxygen atoms in total. The predicted octanol–water partition coefficient (Wildman–Crippen LogP) is -4.07. The lowest BCUT2D eigenvalue weighted by atomic mass is 9.99. The smallest absolute Gasteiger partial charge is 0.222 e. The summed E-state index contributed by atoms with van der Waals surface area (Å²) in [5.41, 5.74) is 0. The van der Waals surface area contributed by atoms with Crippen LogP contribution < -0.4 is 0 Å². The second-order valence-corrected chi connectivity index (χ2v) is 17.0. The van der Waals surface area contributed by atoms with E-state index in [4.69, 9.17) is 99.5 Å². The van der Waals surface area contributed by atoms with Gasteiger partial charge in [-0.15, -0.1) is 0 Å². The maximum Gasteiger partial charge on any atom is 0.222 e. The first-order chi connectivity index (χ1) is 32.6. The minimum atomic E-state index is -2.14. The molecule has 0 spiro atoms. The zero-order valence-corrected chi connectivity index (χ0v) is 41.0. The van der Waals surface area contributed by atoms with Crippen LogP contribution in [-0.2, 0) is 99.5 Å². The van der Waals surface area contributed by atoms with Crippen LogP contribution in [0.3, 0.4) is 0 Å². The number of ether oxygens (including phenoxy) is 21. The molecule has 5 saturated heterocycles. The van der Waals surface area contributed by atoms with E-state index in [1.165, 1.54) is 85.3 Å². The van der Waals surface area contributed by atoms with E-state index in [1.807, 2.05) is 0 Å². The van der Waals surface area contributed by atoms with Crippen LogP contribution in [0, 0.1) is 0 Å². The Labute approximate surface area is 396 Å². The van der Waals surface area contributed by atoms with Crippen LogP contribution in [0.1, 0.15) is 0 Å². The second-order valence-electron chi connectivity index (χ2n) is 17.0. The third kappa shape index (κ3) is 11.5. The molecule has 21 atom stereocenters. The number of hydrogen-bond donors (Lipinski definition) is 5. The Balaban J connectivity index is 1.58. The van der Waals surface area contributed by atoms with Crippen LogP contribution in [0.15, 0.2) is 0 Å². The third-order valence-corrected chi connectivity index (χ3v) is 13.1. The van der Waals surface area contributed by atoms with Gasteiger partial charge in [0.2, 0.25) is 23.1 Å². The van der Waals surface area contributed by atoms with Gasteiger partial charge in [-0.05, 0) is 0 Å². The molecule has 0 amide bonds. The van der Waals surface area contributed by atoms with Gasteiger partial charge in [0.05, 0.1) is 33.0 Å². The summed E-state index contributed by atoms with van der Waals surface area (Å²) in [6, 6.07) is 0. The molecule has 0 unspecified atom stereocenters. The number of rotatable bonds is 29. The third-order valence-electron chi connectivity index (χ3n) is 13.1. The Morgan fingerprint density at radius 3 is 1.10 bits per heavy atom. The molecular formula is C42H76O26. The summed E-state index contributed by atoms with van der Waals surface area (Å²) in [6.07, 6.45) is -19.2. The SMILES string of the molecule is COC[C@@H]1O[C@](CO[C@@]2(CO[C@@]3(CO[C@H]4O[C@H](CO)[C@@H](O)[C@H](O)[C@H]4O)O[C@H](COC)[C@@H](OC)[C@@H]3OC)O[C@@H](COC)[C@@H](OC)[C@H]2OC)(OC[C@@]2(O)O[C@@H](COC)[C@H](OC)[C@H]2OC)[C@H](OC)[C@@H]1OC. The monoisotopic (exact) mass is 996 g/mol. The minimum absolute atomic E-state index is 0.00965. The summed E-state index contributed by atoms with van der Waals surface area (Å²) in [5, 5.41) is 54.1. The molecule has 5 aliphatic heterocycles. The van der Waals surface area contributed by atoms with Gasteiger partial charge in [0.1, 0.15) is 124 Å². The molecule has 26 heteroatoms. The topological polar surface area (TPSA) is 295 Å². The van der Waals surface area contributed by atoms with Gasteiger partial charge < -0.3 is 125 Å². The fraction of sp³-hybridized carbons (Fsp3) is 1.00. The Bertz CT molecular complexity index is 1470. The maximum absolute atomic E-state index is 12.1. The Kier molecular flexibility index (Phi) is 21.9. The highest BCUT2D eigenvalue weighted by Crippen LogP contribution is 2.45. The lowest BCUT2D eigenvalue weighted by Crippen LogP contribution is -2.62. The second kappa shape index (κ2) is 25.8. The normalized spacial score (nSPS) is 45.2. The molecule has 5 aliphatic rings. The van der Waals surface area contributed by atoms with Crippen molar-refractivity contribution in [1.82, 2.24) is 0 Å². The van der Waals surface area contributed by atoms with Crippen LogP contribution in [-0.4, -0.2) is 297 Å². The number of methoxy groups -OCH3 is 12. The van der Waals surface area contributed by atoms with Crippen molar-refractivity contribution in [1.29, 1.82) is 0 Å². The van der Waals surface area contributed by atoms with E-state index in [0.29, 0.717) is 0 Å². The van der Waals surface area contributed by atoms with E-state index < -0.39 is 160 Å². The van der Waals surface area contributed by atoms with Crippen molar-refractivity contribution < 1.29 is 125 Å². The summed E-state index contributed by atoms with van der Waals surface area (Å²) >= 11 is 0. The van der Waals surface area contributed by atoms with Crippen LogP contribution in [0.5, 0.6) is 0 Å². The lowest BCUT2D eigenvalue weighted by Gasteiger charge is -2.43. The van der Waals surface area contributed by atoms with Crippen LogP contribution >= 0.6 is 0 Å². The molecule has 0 saturated carbocycles. The van der Waals surface area contributed by atoms with Gasteiger partial charge in [0.25, 0.3) is 0 Å². The van der Waals surface area contributed by atoms with E-state index >= 15 is 0 Å². The molecule has 400 valence electrons. The molecule has 0 bridgehead atoms. The molecular weight excluding hydrogens is 920 g/mol. The number of aliphatic hydroxyl groups is 5. The standard InChI is InChI=1S/C42H76O26/c1-48-14-23-30(52-5)34(56-9)39(47,65-23)18-61-41(36(58-11)32(54-7)25(67-41)16-50-3)20-63-42(37(59-12)33(55-8)26(68-42)17-51-4)21-62-40(35(57-10)31(53-6)24(66-40)15-49-2)19-60-38-29(46)28(45)27(44)22(13-43)64-38/h22-38,43-47H,13-21H2,1-12H3/t22-,23+,24-,25+,26+,27-,28+,29-,30+,31-,32-,33-,34-,35+,36-,37-,38+,39-,40+,41+,42+/m1/s1. The van der Waals surface area contributed by atoms with Gasteiger partial charge in [0, 0.05) is 85.3 Å². The first kappa shape index (κ1) is 57.9. The van der Waals surface area contributed by atoms with E-state index in [1.54, 1.807) is 0 Å². The highest BCUT2D eigenvalue weighted by Gasteiger charge is 2.66. The molecule has 68 heavy (non-hydrogen) atoms. The van der Waals surface area contributed by atoms with E-state index in [-0.39, 0.29) is 26.4 Å². The lowest BCUT2D eigenvalue weighted by molar-refractivity contribution is -0.383. The highest BCUT2D eigenvalue weighted by atomic mass is 16.8. The molecule has 0 radical (unpaired) electrons. The largest absolute Gasteiger partial charge is 0.394 e. The van der Waals surface area contributed by atoms with E-state index in [0.717, 1.165) is 0 Å². The minimum Gasteiger partial charge on any atom is -0.394 e. The average Bonchev–Trinajstić information content (AvgIpc) is 4.01. The highest BCUT2D eigenvalue weighted by molar-refractivity contribution is 5.06. The van der Waals surface area contributed by atoms with Gasteiger partial charge >= 0.3 is 0 Å². The van der Waals surface area contributed by atoms with Gasteiger partial charge in [-0.3, -0.25) is 0 Å². The van der Waals surface area contributed by atoms with Crippen LogP contribution in [0.4, 0.5) is 0 Å². The van der Waals surface area contributed by atoms with Crippen molar-refractivity contribution in [2.24, 2.45) is 0 Å². The average molecular weight is 997 g/mol. The molecule has 5 rings (SSSR count). The van der Waals surface area contributed by atoms with Crippen molar-refractivity contribution in [2.75, 3.05) is 145 Å². The van der Waals surface area contributed by atoms with E-state index in [9.17, 15) is 25.5 Å².